The molecule has 0 saturated heterocycles. The zero-order valence-electron chi connectivity index (χ0n) is 9.25. The van der Waals surface area contributed by atoms with Gasteiger partial charge in [-0.25, -0.2) is 8.78 Å². The van der Waals surface area contributed by atoms with Crippen molar-refractivity contribution in [1.29, 1.82) is 0 Å². The molecule has 0 heterocycles. The molecule has 2 aromatic rings. The van der Waals surface area contributed by atoms with E-state index in [1.54, 1.807) is 18.2 Å². The van der Waals surface area contributed by atoms with E-state index in [9.17, 15) is 13.9 Å². The Kier molecular flexibility index (Phi) is 3.81. The van der Waals surface area contributed by atoms with Gasteiger partial charge in [-0.05, 0) is 24.3 Å². The molecule has 2 aromatic carbocycles. The van der Waals surface area contributed by atoms with Gasteiger partial charge in [0.05, 0.1) is 5.69 Å². The van der Waals surface area contributed by atoms with Crippen molar-refractivity contribution in [2.45, 2.75) is 6.54 Å². The average Bonchev–Trinajstić information content (AvgIpc) is 2.35. The standard InChI is InChI=1S/C13H10BrF2NO/c14-9-4-5-10(15)12(6-9)17-7-8-2-1-3-11(16)13(8)18/h1-6,17-18H,7H2. The third-order valence-corrected chi connectivity index (χ3v) is 2.96. The van der Waals surface area contributed by atoms with E-state index >= 15 is 0 Å². The van der Waals surface area contributed by atoms with Crippen LogP contribution >= 0.6 is 15.9 Å². The third-order valence-electron chi connectivity index (χ3n) is 2.47. The lowest BCUT2D eigenvalue weighted by molar-refractivity contribution is 0.426. The Morgan fingerprint density at radius 2 is 1.89 bits per heavy atom. The lowest BCUT2D eigenvalue weighted by Gasteiger charge is -2.09. The topological polar surface area (TPSA) is 32.3 Å². The summed E-state index contributed by atoms with van der Waals surface area (Å²) in [7, 11) is 0. The molecule has 0 aliphatic heterocycles. The normalized spacial score (nSPS) is 10.4. The number of aromatic hydroxyl groups is 1. The fourth-order valence-corrected chi connectivity index (χ4v) is 1.89. The van der Waals surface area contributed by atoms with Crippen molar-refractivity contribution in [2.24, 2.45) is 0 Å². The van der Waals surface area contributed by atoms with E-state index in [0.717, 1.165) is 4.47 Å². The molecular formula is C13H10BrF2NO. The fourth-order valence-electron chi connectivity index (χ4n) is 1.53. The Balaban J connectivity index is 2.16. The number of hydrogen-bond acceptors (Lipinski definition) is 2. The first-order chi connectivity index (χ1) is 8.58. The van der Waals surface area contributed by atoms with E-state index in [1.165, 1.54) is 18.2 Å². The molecule has 94 valence electrons. The molecule has 0 atom stereocenters. The van der Waals surface area contributed by atoms with Gasteiger partial charge in [-0.1, -0.05) is 28.1 Å². The van der Waals surface area contributed by atoms with E-state index < -0.39 is 17.4 Å². The van der Waals surface area contributed by atoms with Crippen molar-refractivity contribution in [3.05, 3.63) is 58.1 Å². The molecule has 0 spiro atoms. The molecule has 0 bridgehead atoms. The van der Waals surface area contributed by atoms with Gasteiger partial charge in [0.1, 0.15) is 5.82 Å². The van der Waals surface area contributed by atoms with E-state index in [2.05, 4.69) is 21.2 Å². The Morgan fingerprint density at radius 3 is 2.67 bits per heavy atom. The van der Waals surface area contributed by atoms with E-state index in [1.807, 2.05) is 0 Å². The highest BCUT2D eigenvalue weighted by molar-refractivity contribution is 9.10. The van der Waals surface area contributed by atoms with Crippen molar-refractivity contribution >= 4 is 21.6 Å². The number of benzene rings is 2. The smallest absolute Gasteiger partial charge is 0.165 e. The molecule has 5 heteroatoms. The summed E-state index contributed by atoms with van der Waals surface area (Å²) in [5, 5.41) is 12.3. The predicted octanol–water partition coefficient (Wildman–Crippen LogP) is 4.05. The molecule has 2 rings (SSSR count). The van der Waals surface area contributed by atoms with Crippen molar-refractivity contribution in [3.63, 3.8) is 0 Å². The highest BCUT2D eigenvalue weighted by Gasteiger charge is 2.07. The first kappa shape index (κ1) is 12.8. The average molecular weight is 314 g/mol. The molecule has 18 heavy (non-hydrogen) atoms. The summed E-state index contributed by atoms with van der Waals surface area (Å²) in [5.74, 6) is -1.52. The Labute approximate surface area is 111 Å². The van der Waals surface area contributed by atoms with Crippen molar-refractivity contribution in [3.8, 4) is 5.75 Å². The number of nitrogens with one attached hydrogen (secondary N) is 1. The van der Waals surface area contributed by atoms with Gasteiger partial charge in [-0.15, -0.1) is 0 Å². The molecule has 0 aliphatic rings. The second-order valence-corrected chi connectivity index (χ2v) is 4.64. The maximum absolute atomic E-state index is 13.4. The van der Waals surface area contributed by atoms with Crippen LogP contribution in [0, 0.1) is 11.6 Å². The maximum Gasteiger partial charge on any atom is 0.165 e. The van der Waals surface area contributed by atoms with Crippen LogP contribution in [-0.4, -0.2) is 5.11 Å². The van der Waals surface area contributed by atoms with Gasteiger partial charge in [-0.2, -0.15) is 0 Å². The second-order valence-electron chi connectivity index (χ2n) is 3.73. The minimum Gasteiger partial charge on any atom is -0.505 e. The summed E-state index contributed by atoms with van der Waals surface area (Å²) in [6.07, 6.45) is 0. The molecule has 0 fully saturated rings. The molecule has 2 nitrogen and oxygen atoms in total. The number of para-hydroxylation sites is 1. The molecule has 0 radical (unpaired) electrons. The molecule has 0 saturated carbocycles. The number of phenols is 1. The van der Waals surface area contributed by atoms with Gasteiger partial charge in [0.2, 0.25) is 0 Å². The maximum atomic E-state index is 13.4. The molecule has 0 amide bonds. The van der Waals surface area contributed by atoms with Crippen LogP contribution in [0.1, 0.15) is 5.56 Å². The molecular weight excluding hydrogens is 304 g/mol. The summed E-state index contributed by atoms with van der Waals surface area (Å²) in [6, 6.07) is 8.70. The SMILES string of the molecule is Oc1c(F)cccc1CNc1cc(Br)ccc1F. The van der Waals surface area contributed by atoms with Crippen LogP contribution in [0.2, 0.25) is 0 Å². The Hall–Kier alpha value is -1.62. The Bertz CT molecular complexity index is 573. The van der Waals surface area contributed by atoms with Crippen LogP contribution in [0.25, 0.3) is 0 Å². The van der Waals surface area contributed by atoms with Crippen LogP contribution in [0.4, 0.5) is 14.5 Å². The first-order valence-electron chi connectivity index (χ1n) is 5.23. The van der Waals surface area contributed by atoms with E-state index in [0.29, 0.717) is 5.56 Å². The minimum absolute atomic E-state index is 0.136. The van der Waals surface area contributed by atoms with Crippen molar-refractivity contribution < 1.29 is 13.9 Å². The van der Waals surface area contributed by atoms with E-state index in [-0.39, 0.29) is 12.2 Å². The van der Waals surface area contributed by atoms with Gasteiger partial charge in [0, 0.05) is 16.6 Å². The third kappa shape index (κ3) is 2.79. The largest absolute Gasteiger partial charge is 0.505 e. The van der Waals surface area contributed by atoms with Crippen LogP contribution < -0.4 is 5.32 Å². The molecule has 0 unspecified atom stereocenters. The lowest BCUT2D eigenvalue weighted by atomic mass is 10.2. The van der Waals surface area contributed by atoms with Gasteiger partial charge in [0.25, 0.3) is 0 Å². The van der Waals surface area contributed by atoms with Crippen LogP contribution in [0.5, 0.6) is 5.75 Å². The number of halogens is 3. The zero-order valence-corrected chi connectivity index (χ0v) is 10.8. The van der Waals surface area contributed by atoms with Crippen LogP contribution in [0.15, 0.2) is 40.9 Å². The number of hydrogen-bond donors (Lipinski definition) is 2. The highest BCUT2D eigenvalue weighted by Crippen LogP contribution is 2.24. The zero-order chi connectivity index (χ0) is 13.1. The van der Waals surface area contributed by atoms with Crippen LogP contribution in [0.3, 0.4) is 0 Å². The van der Waals surface area contributed by atoms with Crippen molar-refractivity contribution in [1.82, 2.24) is 0 Å². The summed E-state index contributed by atoms with van der Waals surface area (Å²) >= 11 is 3.23. The molecule has 0 aliphatic carbocycles. The first-order valence-corrected chi connectivity index (χ1v) is 6.02. The summed E-state index contributed by atoms with van der Waals surface area (Å²) < 4.78 is 27.3. The summed E-state index contributed by atoms with van der Waals surface area (Å²) in [6.45, 7) is 0.136. The van der Waals surface area contributed by atoms with Crippen LogP contribution in [-0.2, 0) is 6.54 Å². The number of anilines is 1. The monoisotopic (exact) mass is 313 g/mol. The Morgan fingerprint density at radius 1 is 1.11 bits per heavy atom. The van der Waals surface area contributed by atoms with Gasteiger partial charge in [0.15, 0.2) is 11.6 Å². The second kappa shape index (κ2) is 5.35. The van der Waals surface area contributed by atoms with Crippen molar-refractivity contribution in [2.75, 3.05) is 5.32 Å². The predicted molar refractivity (Wildman–Crippen MR) is 69.5 cm³/mol. The van der Waals surface area contributed by atoms with E-state index in [4.69, 9.17) is 0 Å². The van der Waals surface area contributed by atoms with Gasteiger partial charge < -0.3 is 10.4 Å². The fraction of sp³-hybridized carbons (Fsp3) is 0.0769. The molecule has 0 aromatic heterocycles. The summed E-state index contributed by atoms with van der Waals surface area (Å²) in [4.78, 5) is 0. The highest BCUT2D eigenvalue weighted by atomic mass is 79.9. The van der Waals surface area contributed by atoms with Gasteiger partial charge >= 0.3 is 0 Å². The van der Waals surface area contributed by atoms with Gasteiger partial charge in [-0.3, -0.25) is 0 Å². The summed E-state index contributed by atoms with van der Waals surface area (Å²) in [5.41, 5.74) is 0.655. The number of phenolic OH excluding ortho intramolecular Hbond substituents is 1. The minimum atomic E-state index is -0.691. The quantitative estimate of drug-likeness (QED) is 0.896. The lowest BCUT2D eigenvalue weighted by Crippen LogP contribution is -2.02. The molecule has 2 N–H and O–H groups in total. The number of rotatable bonds is 3.